The highest BCUT2D eigenvalue weighted by Gasteiger charge is 2.53. The van der Waals surface area contributed by atoms with E-state index in [0.29, 0.717) is 35.2 Å². The SMILES string of the molecule is N#Cc1ccc([C@]23CN(C(=O)O)C[C@@H]2CN=C(NC(=O)c2ccccc2)S3)s1. The number of amidine groups is 1. The number of thioether (sulfide) groups is 1. The van der Waals surface area contributed by atoms with Crippen molar-refractivity contribution >= 4 is 40.3 Å². The normalized spacial score (nSPS) is 23.5. The number of aliphatic imine (C=N–C) groups is 1. The summed E-state index contributed by atoms with van der Waals surface area (Å²) in [6.45, 7) is 1.09. The first-order valence-corrected chi connectivity index (χ1v) is 10.2. The Labute approximate surface area is 169 Å². The third-order valence-electron chi connectivity index (χ3n) is 4.92. The lowest BCUT2D eigenvalue weighted by Gasteiger charge is -2.35. The Morgan fingerprint density at radius 1 is 1.29 bits per heavy atom. The first-order valence-electron chi connectivity index (χ1n) is 8.60. The summed E-state index contributed by atoms with van der Waals surface area (Å²) in [6, 6.07) is 14.6. The molecule has 2 atom stereocenters. The Morgan fingerprint density at radius 3 is 2.75 bits per heavy atom. The minimum absolute atomic E-state index is 0.0174. The molecule has 2 aliphatic heterocycles. The lowest BCUT2D eigenvalue weighted by atomic mass is 9.93. The second-order valence-corrected chi connectivity index (χ2v) is 9.00. The number of likely N-dealkylation sites (tertiary alicyclic amines) is 1. The number of fused-ring (bicyclic) bond motifs is 1. The van der Waals surface area contributed by atoms with Gasteiger partial charge in [-0.05, 0) is 24.3 Å². The molecule has 2 aromatic rings. The Balaban J connectivity index is 1.63. The summed E-state index contributed by atoms with van der Waals surface area (Å²) in [6.07, 6.45) is -0.971. The third kappa shape index (κ3) is 3.25. The Hall–Kier alpha value is -2.83. The number of hydrogen-bond acceptors (Lipinski definition) is 6. The lowest BCUT2D eigenvalue weighted by molar-refractivity contribution is 0.0977. The number of nitrogens with one attached hydrogen (secondary N) is 1. The van der Waals surface area contributed by atoms with E-state index < -0.39 is 10.8 Å². The number of carbonyl (C=O) groups is 2. The lowest BCUT2D eigenvalue weighted by Crippen LogP contribution is -2.42. The number of carbonyl (C=O) groups excluding carboxylic acids is 1. The van der Waals surface area contributed by atoms with Gasteiger partial charge in [-0.2, -0.15) is 5.26 Å². The van der Waals surface area contributed by atoms with Gasteiger partial charge in [0.25, 0.3) is 5.91 Å². The molecular weight excluding hydrogens is 396 g/mol. The number of hydrogen-bond donors (Lipinski definition) is 2. The van der Waals surface area contributed by atoms with Gasteiger partial charge in [0.15, 0.2) is 5.17 Å². The first kappa shape index (κ1) is 18.5. The van der Waals surface area contributed by atoms with Gasteiger partial charge in [0.1, 0.15) is 10.9 Å². The fourth-order valence-corrected chi connectivity index (χ4v) is 6.08. The van der Waals surface area contributed by atoms with Gasteiger partial charge in [-0.3, -0.25) is 9.79 Å². The molecule has 4 rings (SSSR count). The highest BCUT2D eigenvalue weighted by Crippen LogP contribution is 2.52. The van der Waals surface area contributed by atoms with Crippen molar-refractivity contribution < 1.29 is 14.7 Å². The standard InChI is InChI=1S/C19H16N4O3S2/c20-8-14-6-7-15(27-14)19-11-23(18(25)26)10-13(19)9-21-17(28-19)22-16(24)12-4-2-1-3-5-12/h1-7,13H,9-11H2,(H,25,26)(H,21,22,24)/t13-,19-/m0/s1. The quantitative estimate of drug-likeness (QED) is 0.789. The number of amides is 2. The van der Waals surface area contributed by atoms with E-state index in [2.05, 4.69) is 16.4 Å². The number of benzene rings is 1. The van der Waals surface area contributed by atoms with E-state index in [9.17, 15) is 20.0 Å². The Morgan fingerprint density at radius 2 is 2.07 bits per heavy atom. The van der Waals surface area contributed by atoms with Crippen LogP contribution in [0.4, 0.5) is 4.79 Å². The van der Waals surface area contributed by atoms with Crippen molar-refractivity contribution in [2.24, 2.45) is 10.9 Å². The second kappa shape index (κ2) is 7.30. The minimum atomic E-state index is -0.971. The number of nitrogens with zero attached hydrogens (tertiary/aromatic N) is 3. The molecule has 0 saturated carbocycles. The van der Waals surface area contributed by atoms with Crippen LogP contribution in [0.3, 0.4) is 0 Å². The fraction of sp³-hybridized carbons (Fsp3) is 0.263. The van der Waals surface area contributed by atoms with Crippen LogP contribution in [0.15, 0.2) is 47.5 Å². The van der Waals surface area contributed by atoms with Crippen LogP contribution in [0.5, 0.6) is 0 Å². The molecule has 0 bridgehead atoms. The number of thiophene rings is 1. The maximum Gasteiger partial charge on any atom is 0.407 e. The van der Waals surface area contributed by atoms with E-state index in [4.69, 9.17) is 0 Å². The monoisotopic (exact) mass is 412 g/mol. The Kier molecular flexibility index (Phi) is 4.83. The van der Waals surface area contributed by atoms with E-state index in [0.717, 1.165) is 4.88 Å². The van der Waals surface area contributed by atoms with Gasteiger partial charge in [0.2, 0.25) is 0 Å². The number of nitriles is 1. The van der Waals surface area contributed by atoms with Crippen LogP contribution >= 0.6 is 23.1 Å². The smallest absolute Gasteiger partial charge is 0.407 e. The van der Waals surface area contributed by atoms with Gasteiger partial charge >= 0.3 is 6.09 Å². The molecule has 9 heteroatoms. The predicted octanol–water partition coefficient (Wildman–Crippen LogP) is 2.96. The minimum Gasteiger partial charge on any atom is -0.465 e. The third-order valence-corrected chi connectivity index (χ3v) is 7.69. The molecule has 142 valence electrons. The summed E-state index contributed by atoms with van der Waals surface area (Å²) in [5.41, 5.74) is 0.531. The van der Waals surface area contributed by atoms with E-state index in [-0.39, 0.29) is 11.8 Å². The molecule has 1 saturated heterocycles. The molecule has 0 radical (unpaired) electrons. The molecule has 2 N–H and O–H groups in total. The molecule has 0 aliphatic carbocycles. The first-order chi connectivity index (χ1) is 13.5. The molecule has 1 aromatic carbocycles. The van der Waals surface area contributed by atoms with Crippen LogP contribution in [0.1, 0.15) is 20.1 Å². The van der Waals surface area contributed by atoms with Crippen molar-refractivity contribution in [3.05, 3.63) is 57.8 Å². The summed E-state index contributed by atoms with van der Waals surface area (Å²) in [5.74, 6) is -0.270. The predicted molar refractivity (Wildman–Crippen MR) is 108 cm³/mol. The van der Waals surface area contributed by atoms with E-state index >= 15 is 0 Å². The summed E-state index contributed by atoms with van der Waals surface area (Å²) < 4.78 is -0.556. The van der Waals surface area contributed by atoms with Crippen LogP contribution < -0.4 is 5.32 Å². The maximum atomic E-state index is 12.5. The average molecular weight is 412 g/mol. The molecule has 3 heterocycles. The molecule has 7 nitrogen and oxygen atoms in total. The van der Waals surface area contributed by atoms with Crippen molar-refractivity contribution in [3.63, 3.8) is 0 Å². The van der Waals surface area contributed by atoms with Gasteiger partial charge in [0.05, 0.1) is 4.75 Å². The van der Waals surface area contributed by atoms with Gasteiger partial charge in [0, 0.05) is 36.0 Å². The van der Waals surface area contributed by atoms with Gasteiger partial charge in [-0.1, -0.05) is 30.0 Å². The maximum absolute atomic E-state index is 12.5. The van der Waals surface area contributed by atoms with Crippen LogP contribution in [0.25, 0.3) is 0 Å². The van der Waals surface area contributed by atoms with Crippen molar-refractivity contribution in [2.45, 2.75) is 4.75 Å². The summed E-state index contributed by atoms with van der Waals surface area (Å²) in [4.78, 5) is 31.5. The van der Waals surface area contributed by atoms with Crippen molar-refractivity contribution in [1.82, 2.24) is 10.2 Å². The largest absolute Gasteiger partial charge is 0.465 e. The zero-order valence-corrected chi connectivity index (χ0v) is 16.3. The molecule has 1 aromatic heterocycles. The molecule has 0 unspecified atom stereocenters. The zero-order valence-electron chi connectivity index (χ0n) is 14.7. The van der Waals surface area contributed by atoms with Crippen molar-refractivity contribution in [2.75, 3.05) is 19.6 Å². The summed E-state index contributed by atoms with van der Waals surface area (Å²) in [7, 11) is 0. The van der Waals surface area contributed by atoms with E-state index in [1.165, 1.54) is 28.0 Å². The van der Waals surface area contributed by atoms with Gasteiger partial charge in [-0.15, -0.1) is 11.3 Å². The highest BCUT2D eigenvalue weighted by molar-refractivity contribution is 8.14. The highest BCUT2D eigenvalue weighted by atomic mass is 32.2. The average Bonchev–Trinajstić information content (AvgIpc) is 3.34. The van der Waals surface area contributed by atoms with Crippen LogP contribution in [-0.2, 0) is 4.75 Å². The Bertz CT molecular complexity index is 998. The number of carboxylic acid groups (broad SMARTS) is 1. The van der Waals surface area contributed by atoms with Gasteiger partial charge in [-0.25, -0.2) is 4.79 Å². The molecular formula is C19H16N4O3S2. The molecule has 1 fully saturated rings. The second-order valence-electron chi connectivity index (χ2n) is 6.59. The van der Waals surface area contributed by atoms with Crippen molar-refractivity contribution in [3.8, 4) is 6.07 Å². The van der Waals surface area contributed by atoms with Crippen molar-refractivity contribution in [1.29, 1.82) is 5.26 Å². The molecule has 28 heavy (non-hydrogen) atoms. The molecule has 2 aliphatic rings. The summed E-state index contributed by atoms with van der Waals surface area (Å²) >= 11 is 2.75. The topological polar surface area (TPSA) is 106 Å². The fourth-order valence-electron chi connectivity index (χ4n) is 3.53. The number of rotatable bonds is 2. The van der Waals surface area contributed by atoms with Crippen LogP contribution in [0.2, 0.25) is 0 Å². The van der Waals surface area contributed by atoms with Gasteiger partial charge < -0.3 is 15.3 Å². The van der Waals surface area contributed by atoms with E-state index in [1.54, 1.807) is 30.3 Å². The summed E-state index contributed by atoms with van der Waals surface area (Å²) in [5, 5.41) is 22.0. The van der Waals surface area contributed by atoms with Crippen LogP contribution in [-0.4, -0.2) is 46.8 Å². The van der Waals surface area contributed by atoms with Crippen LogP contribution in [0, 0.1) is 17.2 Å². The zero-order chi connectivity index (χ0) is 19.7. The molecule has 0 spiro atoms. The van der Waals surface area contributed by atoms with E-state index in [1.807, 2.05) is 12.1 Å². The molecule has 2 amide bonds.